The Balaban J connectivity index is 1.86. The third kappa shape index (κ3) is 1.89. The van der Waals surface area contributed by atoms with Crippen LogP contribution >= 0.6 is 23.5 Å². The Bertz CT molecular complexity index is 1160. The first-order valence-electron chi connectivity index (χ1n) is 9.61. The van der Waals surface area contributed by atoms with Crippen molar-refractivity contribution in [1.29, 1.82) is 0 Å². The van der Waals surface area contributed by atoms with Crippen LogP contribution in [0.2, 0.25) is 0 Å². The SMILES string of the molecule is C[C@@]12Sc3ccccc3C1=C1C(=C3c4ccccc4S[C@]32C)C(F)(F)C(F)(F)C1(F)F. The number of hydrogen-bond donors (Lipinski definition) is 0. The molecule has 4 aliphatic rings. The molecule has 0 amide bonds. The van der Waals surface area contributed by atoms with Gasteiger partial charge in [-0.2, -0.15) is 26.3 Å². The fraction of sp³-hybridized carbons (Fsp3) is 0.304. The van der Waals surface area contributed by atoms with Crippen LogP contribution in [-0.4, -0.2) is 27.3 Å². The van der Waals surface area contributed by atoms with Crippen molar-refractivity contribution in [3.05, 3.63) is 70.8 Å². The normalized spacial score (nSPS) is 33.0. The van der Waals surface area contributed by atoms with E-state index in [1.165, 1.54) is 23.5 Å². The van der Waals surface area contributed by atoms with Gasteiger partial charge in [0.2, 0.25) is 0 Å². The van der Waals surface area contributed by atoms with Gasteiger partial charge in [0.05, 0.1) is 9.49 Å². The maximum Gasteiger partial charge on any atom is 0.380 e. The van der Waals surface area contributed by atoms with Crippen LogP contribution in [0.1, 0.15) is 25.0 Å². The largest absolute Gasteiger partial charge is 0.380 e. The van der Waals surface area contributed by atoms with E-state index in [2.05, 4.69) is 0 Å². The zero-order chi connectivity index (χ0) is 22.2. The fourth-order valence-electron chi connectivity index (χ4n) is 5.39. The number of alkyl halides is 6. The average molecular weight is 468 g/mol. The van der Waals surface area contributed by atoms with E-state index in [0.717, 1.165) is 0 Å². The van der Waals surface area contributed by atoms with Crippen molar-refractivity contribution in [3.63, 3.8) is 0 Å². The van der Waals surface area contributed by atoms with Crippen molar-refractivity contribution in [2.75, 3.05) is 0 Å². The minimum atomic E-state index is -5.53. The number of hydrogen-bond acceptors (Lipinski definition) is 2. The summed E-state index contributed by atoms with van der Waals surface area (Å²) in [7, 11) is 0. The molecule has 2 aliphatic heterocycles. The molecule has 0 N–H and O–H groups in total. The molecular formula is C23H14F6S2. The zero-order valence-corrected chi connectivity index (χ0v) is 17.8. The van der Waals surface area contributed by atoms with E-state index in [9.17, 15) is 8.78 Å². The van der Waals surface area contributed by atoms with Crippen LogP contribution in [0.5, 0.6) is 0 Å². The van der Waals surface area contributed by atoms with Gasteiger partial charge in [0, 0.05) is 20.9 Å². The first-order chi connectivity index (χ1) is 14.4. The predicted octanol–water partition coefficient (Wildman–Crippen LogP) is 7.56. The smallest absolute Gasteiger partial charge is 0.194 e. The summed E-state index contributed by atoms with van der Waals surface area (Å²) in [4.78, 5) is 1.25. The molecule has 2 aliphatic carbocycles. The Labute approximate surface area is 182 Å². The van der Waals surface area contributed by atoms with E-state index in [1.54, 1.807) is 62.4 Å². The highest BCUT2D eigenvalue weighted by molar-refractivity contribution is 8.06. The van der Waals surface area contributed by atoms with Gasteiger partial charge in [0.1, 0.15) is 0 Å². The van der Waals surface area contributed by atoms with Crippen molar-refractivity contribution in [1.82, 2.24) is 0 Å². The van der Waals surface area contributed by atoms with Crippen molar-refractivity contribution < 1.29 is 26.3 Å². The summed E-state index contributed by atoms with van der Waals surface area (Å²) in [5.74, 6) is -15.5. The van der Waals surface area contributed by atoms with Crippen LogP contribution in [0.4, 0.5) is 26.3 Å². The molecule has 0 aromatic heterocycles. The predicted molar refractivity (Wildman–Crippen MR) is 110 cm³/mol. The van der Waals surface area contributed by atoms with Gasteiger partial charge < -0.3 is 0 Å². The molecule has 0 saturated heterocycles. The molecule has 31 heavy (non-hydrogen) atoms. The number of rotatable bonds is 0. The van der Waals surface area contributed by atoms with Crippen LogP contribution < -0.4 is 0 Å². The van der Waals surface area contributed by atoms with Gasteiger partial charge in [0.15, 0.2) is 0 Å². The van der Waals surface area contributed by atoms with Gasteiger partial charge >= 0.3 is 17.8 Å². The number of fused-ring (bicyclic) bond motifs is 8. The Morgan fingerprint density at radius 2 is 0.903 bits per heavy atom. The maximum absolute atomic E-state index is 15.3. The number of thioether (sulfide) groups is 2. The number of allylic oxidation sites excluding steroid dienone is 2. The van der Waals surface area contributed by atoms with Crippen molar-refractivity contribution in [2.45, 2.75) is 50.9 Å². The Hall–Kier alpha value is -1.80. The summed E-state index contributed by atoms with van der Waals surface area (Å²) in [6.45, 7) is 3.42. The number of halogens is 6. The lowest BCUT2D eigenvalue weighted by molar-refractivity contribution is -0.257. The molecule has 0 spiro atoms. The van der Waals surface area contributed by atoms with Crippen LogP contribution in [0.15, 0.2) is 69.5 Å². The lowest BCUT2D eigenvalue weighted by Crippen LogP contribution is -2.47. The lowest BCUT2D eigenvalue weighted by Gasteiger charge is -2.47. The third-order valence-corrected chi connectivity index (χ3v) is 10.3. The van der Waals surface area contributed by atoms with E-state index in [0.29, 0.717) is 20.9 Å². The quantitative estimate of drug-likeness (QED) is 0.366. The molecule has 0 bridgehead atoms. The second kappa shape index (κ2) is 5.39. The molecule has 0 nitrogen and oxygen atoms in total. The molecule has 2 aromatic rings. The molecule has 2 aromatic carbocycles. The molecular weight excluding hydrogens is 454 g/mol. The first-order valence-corrected chi connectivity index (χ1v) is 11.2. The highest BCUT2D eigenvalue weighted by atomic mass is 32.2. The maximum atomic E-state index is 15.3. The van der Waals surface area contributed by atoms with Crippen molar-refractivity contribution >= 4 is 34.7 Å². The first kappa shape index (κ1) is 19.9. The van der Waals surface area contributed by atoms with Gasteiger partial charge in [-0.3, -0.25) is 0 Å². The molecule has 1 fully saturated rings. The van der Waals surface area contributed by atoms with Gasteiger partial charge in [-0.15, -0.1) is 23.5 Å². The van der Waals surface area contributed by atoms with Gasteiger partial charge in [-0.25, -0.2) is 0 Å². The Morgan fingerprint density at radius 1 is 0.548 bits per heavy atom. The van der Waals surface area contributed by atoms with E-state index in [4.69, 9.17) is 0 Å². The molecule has 2 atom stereocenters. The van der Waals surface area contributed by atoms with Crippen LogP contribution in [0.3, 0.4) is 0 Å². The summed E-state index contributed by atoms with van der Waals surface area (Å²) in [5, 5.41) is 0. The fourth-order valence-corrected chi connectivity index (χ4v) is 8.59. The standard InChI is InChI=1S/C23H14F6S2/c1-19-15(11-7-3-5-9-13(11)30-19)17-18(22(26,27)23(28,29)21(17,24)25)16-12-8-4-6-10-14(12)31-20(16,19)2/h3-10H,1-2H3/t19-,20-/m1/s1. The summed E-state index contributed by atoms with van der Waals surface area (Å²) in [6.07, 6.45) is 0. The molecule has 6 rings (SSSR count). The topological polar surface area (TPSA) is 0 Å². The van der Waals surface area contributed by atoms with E-state index < -0.39 is 38.4 Å². The van der Waals surface area contributed by atoms with Crippen molar-refractivity contribution in [2.24, 2.45) is 0 Å². The second-order valence-electron chi connectivity index (χ2n) is 8.49. The Morgan fingerprint density at radius 3 is 1.29 bits per heavy atom. The van der Waals surface area contributed by atoms with E-state index in [-0.39, 0.29) is 11.1 Å². The average Bonchev–Trinajstić information content (AvgIpc) is 3.21. The minimum absolute atomic E-state index is 0.100. The third-order valence-electron chi connectivity index (χ3n) is 6.97. The van der Waals surface area contributed by atoms with Crippen LogP contribution in [0.25, 0.3) is 11.1 Å². The molecule has 0 unspecified atom stereocenters. The highest BCUT2D eigenvalue weighted by Gasteiger charge is 2.84. The van der Waals surface area contributed by atoms with E-state index >= 15 is 17.6 Å². The summed E-state index contributed by atoms with van der Waals surface area (Å²) in [5.41, 5.74) is -1.95. The number of benzene rings is 2. The molecule has 8 heteroatoms. The van der Waals surface area contributed by atoms with Gasteiger partial charge in [-0.05, 0) is 48.3 Å². The zero-order valence-electron chi connectivity index (χ0n) is 16.2. The van der Waals surface area contributed by atoms with E-state index in [1.807, 2.05) is 0 Å². The summed E-state index contributed by atoms with van der Waals surface area (Å²) < 4.78 is 88.3. The summed E-state index contributed by atoms with van der Waals surface area (Å²) in [6, 6.07) is 13.2. The monoisotopic (exact) mass is 468 g/mol. The minimum Gasteiger partial charge on any atom is -0.194 e. The highest BCUT2D eigenvalue weighted by Crippen LogP contribution is 2.77. The molecule has 2 heterocycles. The van der Waals surface area contributed by atoms with Gasteiger partial charge in [-0.1, -0.05) is 36.4 Å². The second-order valence-corrected chi connectivity index (χ2v) is 11.4. The van der Waals surface area contributed by atoms with Crippen molar-refractivity contribution in [3.8, 4) is 0 Å². The molecule has 0 radical (unpaired) electrons. The van der Waals surface area contributed by atoms with Crippen LogP contribution in [0, 0.1) is 0 Å². The molecule has 1 saturated carbocycles. The Kier molecular flexibility index (Phi) is 3.45. The lowest BCUT2D eigenvalue weighted by atomic mass is 9.68. The van der Waals surface area contributed by atoms with Gasteiger partial charge in [0.25, 0.3) is 0 Å². The molecule has 160 valence electrons. The summed E-state index contributed by atoms with van der Waals surface area (Å²) >= 11 is 2.56. The van der Waals surface area contributed by atoms with Crippen LogP contribution in [-0.2, 0) is 0 Å².